The van der Waals surface area contributed by atoms with Gasteiger partial charge in [0.05, 0.1) is 0 Å². The normalized spacial score (nSPS) is 22.4. The maximum Gasteiger partial charge on any atom is 0.243 e. The minimum atomic E-state index is -1.24. The second kappa shape index (κ2) is 8.34. The maximum absolute atomic E-state index is 13.3. The Balaban J connectivity index is 1.55. The smallest absolute Gasteiger partial charge is 0.243 e. The van der Waals surface area contributed by atoms with E-state index in [0.29, 0.717) is 0 Å². The Hall–Kier alpha value is -2.36. The fourth-order valence-electron chi connectivity index (χ4n) is 4.68. The number of carbonyl (C=O) groups excluding carboxylic acids is 2. The van der Waals surface area contributed by atoms with Crippen LogP contribution in [0.15, 0.2) is 54.6 Å². The molecule has 0 bridgehead atoms. The summed E-state index contributed by atoms with van der Waals surface area (Å²) >= 11 is 0. The highest BCUT2D eigenvalue weighted by Crippen LogP contribution is 2.34. The highest BCUT2D eigenvalue weighted by Gasteiger charge is 2.44. The topological polar surface area (TPSA) is 58.2 Å². The highest BCUT2D eigenvalue weighted by molar-refractivity contribution is 6.09. The molecule has 4 rings (SSSR count). The zero-order chi connectivity index (χ0) is 19.4. The molecule has 0 spiro atoms. The fraction of sp³-hybridized carbons (Fsp3) is 0.500. The largest absolute Gasteiger partial charge is 0.352 e. The Morgan fingerprint density at radius 1 is 0.750 bits per heavy atom. The van der Waals surface area contributed by atoms with Crippen LogP contribution < -0.4 is 10.6 Å². The summed E-state index contributed by atoms with van der Waals surface area (Å²) in [6, 6.07) is 10.5. The lowest BCUT2D eigenvalue weighted by Crippen LogP contribution is -2.53. The van der Waals surface area contributed by atoms with Gasteiger partial charge in [-0.25, -0.2) is 0 Å². The molecule has 2 fully saturated rings. The van der Waals surface area contributed by atoms with Crippen molar-refractivity contribution in [3.8, 4) is 0 Å². The molecule has 0 aromatic heterocycles. The van der Waals surface area contributed by atoms with Gasteiger partial charge in [0.2, 0.25) is 11.8 Å². The van der Waals surface area contributed by atoms with Crippen molar-refractivity contribution in [3.63, 3.8) is 0 Å². The van der Waals surface area contributed by atoms with Crippen molar-refractivity contribution in [2.24, 2.45) is 5.41 Å². The summed E-state index contributed by atoms with van der Waals surface area (Å²) in [6.45, 7) is 0. The monoisotopic (exact) mass is 378 g/mol. The van der Waals surface area contributed by atoms with Crippen LogP contribution in [0, 0.1) is 5.41 Å². The van der Waals surface area contributed by atoms with Crippen LogP contribution >= 0.6 is 0 Å². The number of rotatable bonds is 5. The van der Waals surface area contributed by atoms with Crippen LogP contribution in [0.25, 0.3) is 0 Å². The number of benzene rings is 1. The van der Waals surface area contributed by atoms with Crippen molar-refractivity contribution in [2.45, 2.75) is 69.4 Å². The quantitative estimate of drug-likeness (QED) is 0.601. The van der Waals surface area contributed by atoms with Gasteiger partial charge in [-0.3, -0.25) is 9.59 Å². The maximum atomic E-state index is 13.3. The van der Waals surface area contributed by atoms with Gasteiger partial charge < -0.3 is 10.6 Å². The first kappa shape index (κ1) is 19.0. The second-order valence-corrected chi connectivity index (χ2v) is 8.43. The van der Waals surface area contributed by atoms with Crippen molar-refractivity contribution in [3.05, 3.63) is 60.2 Å². The summed E-state index contributed by atoms with van der Waals surface area (Å²) in [5.74, 6) is -0.282. The Labute approximate surface area is 167 Å². The summed E-state index contributed by atoms with van der Waals surface area (Å²) in [7, 11) is 0. The zero-order valence-corrected chi connectivity index (χ0v) is 16.4. The van der Waals surface area contributed by atoms with Gasteiger partial charge in [-0.1, -0.05) is 80.3 Å². The van der Waals surface area contributed by atoms with E-state index >= 15 is 0 Å². The van der Waals surface area contributed by atoms with E-state index in [2.05, 4.69) is 22.8 Å². The number of carbonyl (C=O) groups is 2. The molecule has 148 valence electrons. The Kier molecular flexibility index (Phi) is 5.65. The summed E-state index contributed by atoms with van der Waals surface area (Å²) in [5, 5.41) is 6.30. The molecule has 28 heavy (non-hydrogen) atoms. The molecule has 4 nitrogen and oxygen atoms in total. The minimum Gasteiger partial charge on any atom is -0.352 e. The van der Waals surface area contributed by atoms with Crippen molar-refractivity contribution in [1.82, 2.24) is 10.6 Å². The third kappa shape index (κ3) is 3.91. The predicted octanol–water partition coefficient (Wildman–Crippen LogP) is 4.00. The molecule has 0 atom stereocenters. The van der Waals surface area contributed by atoms with E-state index in [4.69, 9.17) is 0 Å². The molecule has 3 aliphatic carbocycles. The van der Waals surface area contributed by atoms with Gasteiger partial charge in [0.15, 0.2) is 5.41 Å². The van der Waals surface area contributed by atoms with Crippen LogP contribution in [0.4, 0.5) is 0 Å². The molecular weight excluding hydrogens is 348 g/mol. The van der Waals surface area contributed by atoms with Gasteiger partial charge in [-0.05, 0) is 31.2 Å². The molecule has 1 aromatic carbocycles. The van der Waals surface area contributed by atoms with Crippen LogP contribution in [0.1, 0.15) is 62.8 Å². The number of hydrogen-bond acceptors (Lipinski definition) is 2. The van der Waals surface area contributed by atoms with E-state index in [1.165, 1.54) is 0 Å². The van der Waals surface area contributed by atoms with Gasteiger partial charge in [-0.2, -0.15) is 0 Å². The van der Waals surface area contributed by atoms with Crippen LogP contribution in [0.2, 0.25) is 0 Å². The average molecular weight is 379 g/mol. The van der Waals surface area contributed by atoms with E-state index in [1.807, 2.05) is 42.5 Å². The third-order valence-electron chi connectivity index (χ3n) is 6.45. The predicted molar refractivity (Wildman–Crippen MR) is 111 cm³/mol. The molecule has 3 aliphatic rings. The zero-order valence-electron chi connectivity index (χ0n) is 16.4. The van der Waals surface area contributed by atoms with Crippen LogP contribution in [0.3, 0.4) is 0 Å². The molecular formula is C24H30N2O2. The van der Waals surface area contributed by atoms with E-state index in [1.54, 1.807) is 0 Å². The standard InChI is InChI=1S/C24H30N2O2/c27-22(25-20-10-4-5-11-20)24(23(28)26-21-12-6-7-13-21)16-14-19(15-17-24)18-8-2-1-3-9-18/h1-3,8-9,14-17,19-21H,4-7,10-13H2,(H,25,27)(H,26,28). The first-order chi connectivity index (χ1) is 13.7. The SMILES string of the molecule is O=C(NC1CCCC1)C1(C(=O)NC2CCCC2)C=CC(c2ccccc2)C=C1. The molecule has 0 aliphatic heterocycles. The van der Waals surface area contributed by atoms with Crippen molar-refractivity contribution in [2.75, 3.05) is 0 Å². The molecule has 2 N–H and O–H groups in total. The van der Waals surface area contributed by atoms with Crippen molar-refractivity contribution in [1.29, 1.82) is 0 Å². The first-order valence-corrected chi connectivity index (χ1v) is 10.7. The summed E-state index contributed by atoms with van der Waals surface area (Å²) in [5.41, 5.74) is -0.0767. The first-order valence-electron chi connectivity index (χ1n) is 10.7. The molecule has 0 saturated heterocycles. The molecule has 0 radical (unpaired) electrons. The van der Waals surface area contributed by atoms with Crippen LogP contribution in [-0.4, -0.2) is 23.9 Å². The van der Waals surface area contributed by atoms with Crippen LogP contribution in [-0.2, 0) is 9.59 Å². The van der Waals surface area contributed by atoms with Crippen LogP contribution in [0.5, 0.6) is 0 Å². The average Bonchev–Trinajstić information content (AvgIpc) is 3.43. The fourth-order valence-corrected chi connectivity index (χ4v) is 4.68. The molecule has 1 aromatic rings. The van der Waals surface area contributed by atoms with E-state index in [0.717, 1.165) is 56.9 Å². The van der Waals surface area contributed by atoms with E-state index in [-0.39, 0.29) is 29.8 Å². The Bertz CT molecular complexity index is 710. The van der Waals surface area contributed by atoms with Gasteiger partial charge in [-0.15, -0.1) is 0 Å². The third-order valence-corrected chi connectivity index (χ3v) is 6.45. The van der Waals surface area contributed by atoms with Crippen molar-refractivity contribution >= 4 is 11.8 Å². The van der Waals surface area contributed by atoms with Gasteiger partial charge in [0.1, 0.15) is 0 Å². The molecule has 0 heterocycles. The molecule has 0 unspecified atom stereocenters. The summed E-state index contributed by atoms with van der Waals surface area (Å²) in [6.07, 6.45) is 16.2. The van der Waals surface area contributed by atoms with Gasteiger partial charge in [0, 0.05) is 18.0 Å². The van der Waals surface area contributed by atoms with Crippen molar-refractivity contribution < 1.29 is 9.59 Å². The lowest BCUT2D eigenvalue weighted by Gasteiger charge is -2.31. The Morgan fingerprint density at radius 2 is 1.21 bits per heavy atom. The molecule has 2 amide bonds. The Morgan fingerprint density at radius 3 is 1.68 bits per heavy atom. The van der Waals surface area contributed by atoms with E-state index in [9.17, 15) is 9.59 Å². The second-order valence-electron chi connectivity index (χ2n) is 8.43. The van der Waals surface area contributed by atoms with Gasteiger partial charge in [0.25, 0.3) is 0 Å². The lowest BCUT2D eigenvalue weighted by atomic mass is 9.78. The lowest BCUT2D eigenvalue weighted by molar-refractivity contribution is -0.138. The number of nitrogens with one attached hydrogen (secondary N) is 2. The number of allylic oxidation sites excluding steroid dienone is 2. The summed E-state index contributed by atoms with van der Waals surface area (Å²) in [4.78, 5) is 26.5. The minimum absolute atomic E-state index is 0.0906. The number of amides is 2. The molecule has 4 heteroatoms. The highest BCUT2D eigenvalue weighted by atomic mass is 16.2. The molecule has 2 saturated carbocycles. The van der Waals surface area contributed by atoms with Gasteiger partial charge >= 0.3 is 0 Å². The summed E-state index contributed by atoms with van der Waals surface area (Å²) < 4.78 is 0. The van der Waals surface area contributed by atoms with E-state index < -0.39 is 5.41 Å². The number of hydrogen-bond donors (Lipinski definition) is 2.